The second-order valence-corrected chi connectivity index (χ2v) is 10.5. The van der Waals surface area contributed by atoms with Crippen LogP contribution in [0.4, 0.5) is 0 Å². The standard InChI is InChI=1S/C31H32N2O4S/c34-21-25(29-22-38-30-4-2-1-3-28(29)30)13-14-32-15-17-33(18-16-32)19-20-37-31(23-5-9-26(35)10-6-23)24-7-11-27(36)12-8-24/h1-12,22,31,35-36H,13-20H2. The number of phenolic OH excluding ortho intramolecular Hbond substituents is 2. The van der Waals surface area contributed by atoms with Crippen LogP contribution in [0.1, 0.15) is 29.2 Å². The maximum atomic E-state index is 11.8. The van der Waals surface area contributed by atoms with Crippen molar-refractivity contribution in [2.75, 3.05) is 45.9 Å². The number of piperazine rings is 1. The Morgan fingerprint density at radius 3 is 2.03 bits per heavy atom. The lowest BCUT2D eigenvalue weighted by Gasteiger charge is -2.35. The summed E-state index contributed by atoms with van der Waals surface area (Å²) in [5.74, 6) is 2.64. The van der Waals surface area contributed by atoms with Gasteiger partial charge < -0.3 is 19.8 Å². The molecule has 5 rings (SSSR count). The number of nitrogens with zero attached hydrogens (tertiary/aromatic N) is 2. The lowest BCUT2D eigenvalue weighted by molar-refractivity contribution is 0.0455. The number of rotatable bonds is 10. The van der Waals surface area contributed by atoms with Crippen LogP contribution in [0.2, 0.25) is 0 Å². The first-order chi connectivity index (χ1) is 18.6. The number of phenols is 2. The third-order valence-corrected chi connectivity index (χ3v) is 8.12. The van der Waals surface area contributed by atoms with Crippen molar-refractivity contribution in [1.82, 2.24) is 9.80 Å². The number of thiophene rings is 1. The maximum Gasteiger partial charge on any atom is 0.128 e. The third-order valence-electron chi connectivity index (χ3n) is 7.16. The second-order valence-electron chi connectivity index (χ2n) is 9.59. The van der Waals surface area contributed by atoms with Crippen LogP contribution in [-0.2, 0) is 9.53 Å². The van der Waals surface area contributed by atoms with E-state index in [-0.39, 0.29) is 17.6 Å². The predicted molar refractivity (Wildman–Crippen MR) is 152 cm³/mol. The largest absolute Gasteiger partial charge is 0.508 e. The minimum atomic E-state index is -0.278. The highest BCUT2D eigenvalue weighted by atomic mass is 32.1. The first kappa shape index (κ1) is 26.2. The molecule has 1 aliphatic heterocycles. The molecule has 0 saturated carbocycles. The van der Waals surface area contributed by atoms with Gasteiger partial charge in [-0.2, -0.15) is 0 Å². The van der Waals surface area contributed by atoms with Gasteiger partial charge in [-0.15, -0.1) is 11.3 Å². The number of fused-ring (bicyclic) bond motifs is 1. The minimum absolute atomic E-state index is 0.218. The molecule has 1 fully saturated rings. The van der Waals surface area contributed by atoms with Crippen LogP contribution in [0.5, 0.6) is 11.5 Å². The molecule has 1 aliphatic rings. The van der Waals surface area contributed by atoms with Crippen molar-refractivity contribution >= 4 is 32.9 Å². The van der Waals surface area contributed by atoms with Crippen LogP contribution in [0.3, 0.4) is 0 Å². The Bertz CT molecular complexity index is 1340. The first-order valence-corrected chi connectivity index (χ1v) is 13.8. The van der Waals surface area contributed by atoms with Gasteiger partial charge >= 0.3 is 0 Å². The van der Waals surface area contributed by atoms with Crippen LogP contribution in [0.15, 0.2) is 78.2 Å². The van der Waals surface area contributed by atoms with E-state index in [2.05, 4.69) is 33.3 Å². The molecule has 0 atom stereocenters. The van der Waals surface area contributed by atoms with Gasteiger partial charge in [0.05, 0.1) is 6.61 Å². The van der Waals surface area contributed by atoms with Gasteiger partial charge in [0.15, 0.2) is 0 Å². The Balaban J connectivity index is 1.11. The monoisotopic (exact) mass is 528 g/mol. The fourth-order valence-electron chi connectivity index (χ4n) is 4.94. The average Bonchev–Trinajstić information content (AvgIpc) is 3.38. The van der Waals surface area contributed by atoms with E-state index in [0.29, 0.717) is 13.0 Å². The first-order valence-electron chi connectivity index (χ1n) is 13.0. The number of carbonyl (C=O) groups excluding carboxylic acids is 1. The van der Waals surface area contributed by atoms with Gasteiger partial charge in [0.25, 0.3) is 0 Å². The number of benzene rings is 3. The van der Waals surface area contributed by atoms with E-state index in [4.69, 9.17) is 4.74 Å². The molecule has 196 valence electrons. The van der Waals surface area contributed by atoms with Gasteiger partial charge in [-0.1, -0.05) is 42.5 Å². The summed E-state index contributed by atoms with van der Waals surface area (Å²) in [6, 6.07) is 22.3. The van der Waals surface area contributed by atoms with Crippen LogP contribution in [0.25, 0.3) is 15.7 Å². The van der Waals surface area contributed by atoms with Crippen molar-refractivity contribution < 1.29 is 19.7 Å². The van der Waals surface area contributed by atoms with Gasteiger partial charge in [0, 0.05) is 65.9 Å². The Labute approximate surface area is 227 Å². The molecule has 1 saturated heterocycles. The zero-order chi connectivity index (χ0) is 26.3. The molecule has 6 nitrogen and oxygen atoms in total. The smallest absolute Gasteiger partial charge is 0.128 e. The molecular formula is C31H32N2O4S. The molecule has 4 aromatic rings. The van der Waals surface area contributed by atoms with E-state index >= 15 is 0 Å². The number of hydrogen-bond acceptors (Lipinski definition) is 7. The third kappa shape index (κ3) is 6.33. The number of ether oxygens (including phenoxy) is 1. The van der Waals surface area contributed by atoms with E-state index in [1.165, 1.54) is 4.70 Å². The summed E-state index contributed by atoms with van der Waals surface area (Å²) in [5, 5.41) is 22.6. The maximum absolute atomic E-state index is 11.8. The summed E-state index contributed by atoms with van der Waals surface area (Å²) in [7, 11) is 0. The van der Waals surface area contributed by atoms with E-state index in [1.807, 2.05) is 36.4 Å². The molecule has 0 unspecified atom stereocenters. The number of aromatic hydroxyl groups is 2. The van der Waals surface area contributed by atoms with Gasteiger partial charge in [0.2, 0.25) is 0 Å². The van der Waals surface area contributed by atoms with Gasteiger partial charge in [0.1, 0.15) is 23.5 Å². The van der Waals surface area contributed by atoms with E-state index in [0.717, 1.165) is 66.9 Å². The molecule has 1 aromatic heterocycles. The molecule has 0 amide bonds. The van der Waals surface area contributed by atoms with E-state index in [9.17, 15) is 15.0 Å². The van der Waals surface area contributed by atoms with E-state index < -0.39 is 0 Å². The van der Waals surface area contributed by atoms with Crippen molar-refractivity contribution in [2.24, 2.45) is 0 Å². The molecule has 3 aromatic carbocycles. The SMILES string of the molecule is O=C=C(CCN1CCN(CCOC(c2ccc(O)cc2)c2ccc(O)cc2)CC1)c1csc2ccccc12. The summed E-state index contributed by atoms with van der Waals surface area (Å²) < 4.78 is 7.53. The molecule has 0 aliphatic carbocycles. The normalized spacial score (nSPS) is 14.7. The highest BCUT2D eigenvalue weighted by Gasteiger charge is 2.20. The molecule has 0 bridgehead atoms. The van der Waals surface area contributed by atoms with E-state index in [1.54, 1.807) is 35.6 Å². The summed E-state index contributed by atoms with van der Waals surface area (Å²) >= 11 is 1.67. The Morgan fingerprint density at radius 1 is 0.842 bits per heavy atom. The van der Waals surface area contributed by atoms with Crippen molar-refractivity contribution in [3.05, 3.63) is 94.9 Å². The Morgan fingerprint density at radius 2 is 1.42 bits per heavy atom. The van der Waals surface area contributed by atoms with Crippen molar-refractivity contribution in [2.45, 2.75) is 12.5 Å². The molecule has 2 heterocycles. The molecular weight excluding hydrogens is 496 g/mol. The molecule has 7 heteroatoms. The zero-order valence-corrected chi connectivity index (χ0v) is 22.1. The predicted octanol–water partition coefficient (Wildman–Crippen LogP) is 5.34. The van der Waals surface area contributed by atoms with Crippen molar-refractivity contribution in [3.8, 4) is 11.5 Å². The average molecular weight is 529 g/mol. The topological polar surface area (TPSA) is 73.2 Å². The quantitative estimate of drug-likeness (QED) is 0.271. The molecule has 0 spiro atoms. The lowest BCUT2D eigenvalue weighted by atomic mass is 10.0. The van der Waals surface area contributed by atoms with Crippen LogP contribution < -0.4 is 0 Å². The molecule has 2 N–H and O–H groups in total. The summed E-state index contributed by atoms with van der Waals surface area (Å²) in [6.45, 7) is 6.05. The van der Waals surface area contributed by atoms with Crippen LogP contribution >= 0.6 is 11.3 Å². The fraction of sp³-hybridized carbons (Fsp3) is 0.290. The minimum Gasteiger partial charge on any atom is -0.508 e. The lowest BCUT2D eigenvalue weighted by Crippen LogP contribution is -2.47. The van der Waals surface area contributed by atoms with Gasteiger partial charge in [-0.25, -0.2) is 4.79 Å². The fourth-order valence-corrected chi connectivity index (χ4v) is 5.92. The van der Waals surface area contributed by atoms with Crippen molar-refractivity contribution in [1.29, 1.82) is 0 Å². The Kier molecular flexibility index (Phi) is 8.54. The molecule has 0 radical (unpaired) electrons. The summed E-state index contributed by atoms with van der Waals surface area (Å²) in [4.78, 5) is 16.6. The van der Waals surface area contributed by atoms with Gasteiger partial charge in [-0.05, 0) is 47.9 Å². The van der Waals surface area contributed by atoms with Gasteiger partial charge in [-0.3, -0.25) is 4.90 Å². The summed E-state index contributed by atoms with van der Waals surface area (Å²) in [5.41, 5.74) is 3.69. The second kappa shape index (κ2) is 12.4. The van der Waals surface area contributed by atoms with Crippen molar-refractivity contribution in [3.63, 3.8) is 0 Å². The highest BCUT2D eigenvalue weighted by Crippen LogP contribution is 2.31. The number of hydrogen-bond donors (Lipinski definition) is 2. The van der Waals surface area contributed by atoms with Crippen LogP contribution in [0, 0.1) is 0 Å². The molecule has 38 heavy (non-hydrogen) atoms. The zero-order valence-electron chi connectivity index (χ0n) is 21.3. The Hall–Kier alpha value is -3.45. The van der Waals surface area contributed by atoms with Crippen LogP contribution in [-0.4, -0.2) is 71.8 Å². The summed E-state index contributed by atoms with van der Waals surface area (Å²) in [6.07, 6.45) is 0.424. The highest BCUT2D eigenvalue weighted by molar-refractivity contribution is 7.17.